The predicted molar refractivity (Wildman–Crippen MR) is 403 cm³/mol. The Morgan fingerprint density at radius 1 is 0.406 bits per heavy atom. The fraction of sp³-hybridized carbons (Fsp3) is 0.500. The second kappa shape index (κ2) is 34.9. The average molecular weight is 1440 g/mol. The lowest BCUT2D eigenvalue weighted by Gasteiger charge is -2.31. The van der Waals surface area contributed by atoms with E-state index in [-0.39, 0.29) is 24.4 Å². The van der Waals surface area contributed by atoms with Gasteiger partial charge in [0, 0.05) is 169 Å². The van der Waals surface area contributed by atoms with Crippen molar-refractivity contribution in [2.24, 2.45) is 0 Å². The Balaban J connectivity index is 0.000000127. The maximum Gasteiger partial charge on any atom is 0.249 e. The molecular weight excluding hydrogens is 1350 g/mol. The van der Waals surface area contributed by atoms with Gasteiger partial charge in [-0.25, -0.2) is 39.9 Å². The van der Waals surface area contributed by atoms with Gasteiger partial charge in [-0.05, 0) is 146 Å². The zero-order chi connectivity index (χ0) is 71.8. The molecule has 0 radical (unpaired) electrons. The monoisotopic (exact) mass is 1440 g/mol. The van der Waals surface area contributed by atoms with Crippen molar-refractivity contribution in [3.63, 3.8) is 0 Å². The van der Waals surface area contributed by atoms with E-state index in [4.69, 9.17) is 42.3 Å². The average Bonchev–Trinajstić information content (AvgIpc) is 0.816. The number of nitrogens with one attached hydrogen (secondary N) is 3. The second-order valence-corrected chi connectivity index (χ2v) is 28.3. The molecule has 0 spiro atoms. The molecule has 17 rings (SSSR count). The molecule has 4 saturated heterocycles. The zero-order valence-corrected chi connectivity index (χ0v) is 60.7. The van der Waals surface area contributed by atoms with Crippen LogP contribution in [-0.2, 0) is 18.9 Å². The number of aryl methyl sites for hydroxylation is 1. The molecule has 11 heterocycles. The van der Waals surface area contributed by atoms with Crippen molar-refractivity contribution >= 4 is 67.9 Å². The smallest absolute Gasteiger partial charge is 0.249 e. The van der Waals surface area contributed by atoms with E-state index in [0.717, 1.165) is 267 Å². The third-order valence-electron chi connectivity index (χ3n) is 20.5. The first kappa shape index (κ1) is 71.6. The largest absolute Gasteiger partial charge is 0.488 e. The van der Waals surface area contributed by atoms with Gasteiger partial charge in [0.15, 0.2) is 5.75 Å². The van der Waals surface area contributed by atoms with E-state index in [9.17, 15) is 0 Å². The number of aromatic nitrogens is 13. The SMILES string of the molecule is CC(C)Oc1cnc(NC2CCC(Oc3cc(N4CCOCC4)cc4nccnc34)CC2)nc1.Cc1nnc(-c2ccc(NC3CCC(Oc4cc(N5CCOCC5)cc5nccnc45)CC3)nc2)o1.c1cnc2c(OC3CCC(Nc4ncc(C5CCOCC5)cn4)CC3)cc(N3CCOCC3)cc2n1. The maximum absolute atomic E-state index is 6.55. The number of ether oxygens (including phenoxy) is 8. The van der Waals surface area contributed by atoms with Crippen LogP contribution in [0.2, 0.25) is 0 Å². The van der Waals surface area contributed by atoms with Crippen LogP contribution in [0, 0.1) is 6.92 Å². The van der Waals surface area contributed by atoms with Crippen LogP contribution in [0.15, 0.2) is 121 Å². The summed E-state index contributed by atoms with van der Waals surface area (Å²) in [6.07, 6.45) is 34.0. The Morgan fingerprint density at radius 2 is 0.802 bits per heavy atom. The zero-order valence-electron chi connectivity index (χ0n) is 60.7. The van der Waals surface area contributed by atoms with Gasteiger partial charge in [-0.15, -0.1) is 10.2 Å². The number of hydrogen-bond acceptors (Lipinski definition) is 28. The van der Waals surface area contributed by atoms with E-state index in [0.29, 0.717) is 47.5 Å². The van der Waals surface area contributed by atoms with Gasteiger partial charge in [0.05, 0.1) is 98.6 Å². The first-order valence-electron chi connectivity index (χ1n) is 37.8. The number of nitrogens with zero attached hydrogens (tertiary/aromatic N) is 16. The van der Waals surface area contributed by atoms with Crippen LogP contribution < -0.4 is 49.6 Å². The number of fused-ring (bicyclic) bond motifs is 3. The Morgan fingerprint density at radius 3 is 1.19 bits per heavy atom. The van der Waals surface area contributed by atoms with Crippen LogP contribution in [-0.4, -0.2) is 200 Å². The van der Waals surface area contributed by atoms with Gasteiger partial charge >= 0.3 is 0 Å². The molecule has 7 aliphatic rings. The topological polar surface area (TPSA) is 300 Å². The van der Waals surface area contributed by atoms with Crippen molar-refractivity contribution in [3.05, 3.63) is 128 Å². The summed E-state index contributed by atoms with van der Waals surface area (Å²) in [4.78, 5) is 56.8. The molecule has 4 aliphatic heterocycles. The fourth-order valence-electron chi connectivity index (χ4n) is 14.9. The summed E-state index contributed by atoms with van der Waals surface area (Å²) in [6.45, 7) is 17.1. The van der Waals surface area contributed by atoms with Gasteiger partial charge in [-0.3, -0.25) is 15.0 Å². The Bertz CT molecular complexity index is 4420. The van der Waals surface area contributed by atoms with Crippen LogP contribution in [0.1, 0.15) is 121 Å². The third kappa shape index (κ3) is 18.8. The molecule has 7 aromatic heterocycles. The van der Waals surface area contributed by atoms with Gasteiger partial charge in [0.2, 0.25) is 23.7 Å². The van der Waals surface area contributed by atoms with Gasteiger partial charge in [0.1, 0.15) is 39.6 Å². The molecule has 3 aromatic carbocycles. The lowest BCUT2D eigenvalue weighted by atomic mass is 9.93. The van der Waals surface area contributed by atoms with E-state index in [2.05, 4.69) is 132 Å². The summed E-state index contributed by atoms with van der Waals surface area (Å²) in [6, 6.07) is 17.6. The van der Waals surface area contributed by atoms with Crippen molar-refractivity contribution in [1.82, 2.24) is 65.0 Å². The highest BCUT2D eigenvalue weighted by molar-refractivity contribution is 5.87. The summed E-state index contributed by atoms with van der Waals surface area (Å²) in [5.41, 5.74) is 10.4. The van der Waals surface area contributed by atoms with Crippen LogP contribution in [0.5, 0.6) is 23.0 Å². The van der Waals surface area contributed by atoms with E-state index in [1.54, 1.807) is 62.7 Å². The number of pyridine rings is 1. The van der Waals surface area contributed by atoms with E-state index >= 15 is 0 Å². The minimum absolute atomic E-state index is 0.107. The Kier molecular flexibility index (Phi) is 23.6. The van der Waals surface area contributed by atoms with E-state index in [1.165, 1.54) is 5.56 Å². The quantitative estimate of drug-likeness (QED) is 0.0677. The molecule has 0 unspecified atom stereocenters. The molecule has 3 N–H and O–H groups in total. The molecule has 7 fully saturated rings. The van der Waals surface area contributed by atoms with Crippen molar-refractivity contribution in [1.29, 1.82) is 0 Å². The lowest BCUT2D eigenvalue weighted by molar-refractivity contribution is 0.0852. The van der Waals surface area contributed by atoms with Crippen molar-refractivity contribution in [2.45, 2.75) is 159 Å². The lowest BCUT2D eigenvalue weighted by Crippen LogP contribution is -2.36. The molecule has 0 amide bonds. The van der Waals surface area contributed by atoms with Crippen LogP contribution in [0.4, 0.5) is 34.8 Å². The highest BCUT2D eigenvalue weighted by Gasteiger charge is 2.30. The van der Waals surface area contributed by atoms with Gasteiger partial charge in [-0.1, -0.05) is 0 Å². The predicted octanol–water partition coefficient (Wildman–Crippen LogP) is 11.8. The summed E-state index contributed by atoms with van der Waals surface area (Å²) in [7, 11) is 0. The highest BCUT2D eigenvalue weighted by Crippen LogP contribution is 2.38. The molecule has 28 nitrogen and oxygen atoms in total. The molecular formula is C78H95N19O9. The molecule has 0 bridgehead atoms. The van der Waals surface area contributed by atoms with Crippen LogP contribution >= 0.6 is 0 Å². The van der Waals surface area contributed by atoms with Gasteiger partial charge in [0.25, 0.3) is 0 Å². The highest BCUT2D eigenvalue weighted by atomic mass is 16.5. The fourth-order valence-corrected chi connectivity index (χ4v) is 14.9. The number of benzene rings is 3. The molecule has 106 heavy (non-hydrogen) atoms. The summed E-state index contributed by atoms with van der Waals surface area (Å²) in [5.74, 6) is 6.88. The normalized spacial score (nSPS) is 21.6. The minimum Gasteiger partial charge on any atom is -0.488 e. The Hall–Kier alpha value is -10.0. The van der Waals surface area contributed by atoms with Crippen LogP contribution in [0.3, 0.4) is 0 Å². The van der Waals surface area contributed by atoms with E-state index < -0.39 is 0 Å². The molecule has 3 saturated carbocycles. The first-order chi connectivity index (χ1) is 52.2. The summed E-state index contributed by atoms with van der Waals surface area (Å²) >= 11 is 0. The third-order valence-corrected chi connectivity index (χ3v) is 20.5. The molecule has 0 atom stereocenters. The van der Waals surface area contributed by atoms with Crippen molar-refractivity contribution in [2.75, 3.05) is 123 Å². The number of hydrogen-bond donors (Lipinski definition) is 3. The first-order valence-corrected chi connectivity index (χ1v) is 37.8. The molecule has 3 aliphatic carbocycles. The summed E-state index contributed by atoms with van der Waals surface area (Å²) < 4.78 is 52.7. The molecule has 28 heteroatoms. The number of rotatable bonds is 19. The van der Waals surface area contributed by atoms with Gasteiger partial charge < -0.3 is 73.0 Å². The second-order valence-electron chi connectivity index (χ2n) is 28.3. The van der Waals surface area contributed by atoms with Crippen molar-refractivity contribution < 1.29 is 42.3 Å². The number of morpholine rings is 3. The van der Waals surface area contributed by atoms with E-state index in [1.807, 2.05) is 38.4 Å². The number of anilines is 6. The Labute approximate surface area is 616 Å². The summed E-state index contributed by atoms with van der Waals surface area (Å²) in [5, 5.41) is 18.5. The van der Waals surface area contributed by atoms with Gasteiger partial charge in [-0.2, -0.15) is 0 Å². The molecule has 10 aromatic rings. The standard InChI is InChI=1S/C27H34N6O3.C26H29N7O3.C25H32N6O3/c1-3-23(4-2-21(1)32-27-30-17-20(18-31-27)19-5-11-34-12-6-19)36-25-16-22(33-9-13-35-14-10-33)15-24-26(25)29-8-7-28-24;1-17-31-32-26(35-17)18-2-7-24(29-16-18)30-19-3-5-21(6-4-19)36-23-15-20(33-10-12-34-13-11-33)14-22-25(23)28-9-8-27-22;1-17(2)33-21-15-28-25(29-16-21)30-18-3-5-20(6-4-18)34-23-14-19(31-9-11-32-12-10-31)13-22-24(23)27-8-7-26-22/h7-8,15-19,21,23H,1-6,9-14H2,(H,30,31,32);2,7-9,14-16,19,21H,3-6,10-13H2,1H3,(H,29,30);7-8,13-18,20H,3-6,9-12H2,1-2H3,(H,28,29,30). The maximum atomic E-state index is 6.55. The van der Waals surface area contributed by atoms with Crippen molar-refractivity contribution in [3.8, 4) is 34.5 Å². The minimum atomic E-state index is 0.107. The van der Waals surface area contributed by atoms with Crippen LogP contribution in [0.25, 0.3) is 44.6 Å². The molecule has 556 valence electrons.